The zero-order valence-corrected chi connectivity index (χ0v) is 14.7. The van der Waals surface area contributed by atoms with Gasteiger partial charge < -0.3 is 4.74 Å². The minimum absolute atomic E-state index is 0.321. The summed E-state index contributed by atoms with van der Waals surface area (Å²) in [5, 5.41) is 0. The van der Waals surface area contributed by atoms with Crippen molar-refractivity contribution >= 4 is 0 Å². The van der Waals surface area contributed by atoms with Crippen LogP contribution in [0.15, 0.2) is 0 Å². The molecule has 0 aromatic heterocycles. The molecular weight excluding hydrogens is 246 g/mol. The first-order valence-electron chi connectivity index (χ1n) is 8.79. The van der Waals surface area contributed by atoms with Gasteiger partial charge in [0.1, 0.15) is 0 Å². The number of likely N-dealkylation sites (tertiary alicyclic amines) is 1. The highest BCUT2D eigenvalue weighted by Crippen LogP contribution is 2.34. The lowest BCUT2D eigenvalue weighted by atomic mass is 9.81. The third-order valence-corrected chi connectivity index (χ3v) is 5.25. The molecule has 2 heteroatoms. The van der Waals surface area contributed by atoms with Crippen LogP contribution in [0.2, 0.25) is 0 Å². The number of methoxy groups -OCH3 is 1. The van der Waals surface area contributed by atoms with Gasteiger partial charge in [-0.2, -0.15) is 0 Å². The van der Waals surface area contributed by atoms with Gasteiger partial charge in [-0.1, -0.05) is 33.6 Å². The Morgan fingerprint density at radius 3 is 2.15 bits per heavy atom. The second kappa shape index (κ2) is 8.38. The van der Waals surface area contributed by atoms with Crippen LogP contribution in [0.1, 0.15) is 73.1 Å². The molecule has 1 saturated heterocycles. The molecular formula is C18H37NO. The minimum Gasteiger partial charge on any atom is -0.381 e. The summed E-state index contributed by atoms with van der Waals surface area (Å²) in [6.45, 7) is 13.7. The van der Waals surface area contributed by atoms with Gasteiger partial charge in [-0.25, -0.2) is 0 Å². The molecule has 0 aromatic carbocycles. The molecule has 0 amide bonds. The van der Waals surface area contributed by atoms with Gasteiger partial charge in [0.05, 0.1) is 6.10 Å². The van der Waals surface area contributed by atoms with Crippen LogP contribution in [0, 0.1) is 11.8 Å². The summed E-state index contributed by atoms with van der Waals surface area (Å²) in [5.41, 5.74) is 0.321. The Balaban J connectivity index is 0.000000956. The van der Waals surface area contributed by atoms with Crippen LogP contribution < -0.4 is 0 Å². The van der Waals surface area contributed by atoms with Crippen LogP contribution >= 0.6 is 0 Å². The molecule has 2 fully saturated rings. The summed E-state index contributed by atoms with van der Waals surface area (Å²) < 4.78 is 5.55. The minimum atomic E-state index is 0.321. The molecule has 1 atom stereocenters. The largest absolute Gasteiger partial charge is 0.381 e. The first-order chi connectivity index (χ1) is 9.51. The Kier molecular flexibility index (Phi) is 7.53. The van der Waals surface area contributed by atoms with E-state index in [0.29, 0.717) is 11.6 Å². The van der Waals surface area contributed by atoms with Gasteiger partial charge in [-0.3, -0.25) is 4.90 Å². The van der Waals surface area contributed by atoms with E-state index in [1.807, 2.05) is 21.0 Å². The first kappa shape index (κ1) is 18.0. The van der Waals surface area contributed by atoms with Crippen molar-refractivity contribution in [1.29, 1.82) is 0 Å². The summed E-state index contributed by atoms with van der Waals surface area (Å²) in [6, 6.07) is 0. The molecule has 2 aliphatic rings. The summed E-state index contributed by atoms with van der Waals surface area (Å²) in [6.07, 6.45) is 8.65. The maximum absolute atomic E-state index is 5.55. The number of hydrogen-bond donors (Lipinski definition) is 0. The molecule has 20 heavy (non-hydrogen) atoms. The van der Waals surface area contributed by atoms with E-state index in [1.54, 1.807) is 0 Å². The molecule has 1 aliphatic heterocycles. The van der Waals surface area contributed by atoms with Gasteiger partial charge in [-0.05, 0) is 51.4 Å². The highest BCUT2D eigenvalue weighted by atomic mass is 16.5. The van der Waals surface area contributed by atoms with Crippen molar-refractivity contribution in [2.45, 2.75) is 84.8 Å². The fourth-order valence-corrected chi connectivity index (χ4v) is 3.75. The van der Waals surface area contributed by atoms with Crippen molar-refractivity contribution in [2.75, 3.05) is 20.2 Å². The smallest absolute Gasteiger partial charge is 0.0601 e. The van der Waals surface area contributed by atoms with Crippen molar-refractivity contribution in [2.24, 2.45) is 11.8 Å². The quantitative estimate of drug-likeness (QED) is 0.742. The van der Waals surface area contributed by atoms with E-state index in [0.717, 1.165) is 11.8 Å². The van der Waals surface area contributed by atoms with E-state index in [4.69, 9.17) is 4.74 Å². The molecule has 2 rings (SSSR count). The first-order valence-corrected chi connectivity index (χ1v) is 8.79. The van der Waals surface area contributed by atoms with Crippen molar-refractivity contribution in [3.8, 4) is 0 Å². The van der Waals surface area contributed by atoms with Gasteiger partial charge >= 0.3 is 0 Å². The summed E-state index contributed by atoms with van der Waals surface area (Å²) in [4.78, 5) is 2.73. The lowest BCUT2D eigenvalue weighted by Crippen LogP contribution is -2.53. The molecule has 0 N–H and O–H groups in total. The predicted octanol–water partition coefficient (Wildman–Crippen LogP) is 4.73. The summed E-state index contributed by atoms with van der Waals surface area (Å²) >= 11 is 0. The van der Waals surface area contributed by atoms with Crippen molar-refractivity contribution < 1.29 is 4.74 Å². The van der Waals surface area contributed by atoms with Crippen LogP contribution in [0.4, 0.5) is 0 Å². The van der Waals surface area contributed by atoms with E-state index in [9.17, 15) is 0 Å². The molecule has 1 saturated carbocycles. The molecule has 120 valence electrons. The highest BCUT2D eigenvalue weighted by molar-refractivity contribution is 4.91. The van der Waals surface area contributed by atoms with E-state index in [-0.39, 0.29) is 0 Å². The Morgan fingerprint density at radius 2 is 1.65 bits per heavy atom. The second-order valence-electron chi connectivity index (χ2n) is 7.23. The fraction of sp³-hybridized carbons (Fsp3) is 1.00. The van der Waals surface area contributed by atoms with E-state index >= 15 is 0 Å². The third kappa shape index (κ3) is 5.04. The van der Waals surface area contributed by atoms with Gasteiger partial charge in [-0.15, -0.1) is 0 Å². The molecule has 0 aromatic rings. The monoisotopic (exact) mass is 283 g/mol. The SMILES string of the molecule is CC.COC1CCN(CC2CCC(C)CC2)C(C)(C)C1. The summed E-state index contributed by atoms with van der Waals surface area (Å²) in [5.74, 6) is 1.91. The van der Waals surface area contributed by atoms with Crippen molar-refractivity contribution in [1.82, 2.24) is 4.90 Å². The van der Waals surface area contributed by atoms with Crippen LogP contribution in [0.25, 0.3) is 0 Å². The summed E-state index contributed by atoms with van der Waals surface area (Å²) in [7, 11) is 1.86. The topological polar surface area (TPSA) is 12.5 Å². The lowest BCUT2D eigenvalue weighted by Gasteiger charge is -2.47. The van der Waals surface area contributed by atoms with Gasteiger partial charge in [0.15, 0.2) is 0 Å². The predicted molar refractivity (Wildman–Crippen MR) is 88.2 cm³/mol. The third-order valence-electron chi connectivity index (χ3n) is 5.25. The molecule has 1 unspecified atom stereocenters. The maximum atomic E-state index is 5.55. The average molecular weight is 284 g/mol. The van der Waals surface area contributed by atoms with Crippen molar-refractivity contribution in [3.63, 3.8) is 0 Å². The number of rotatable bonds is 3. The normalized spacial score (nSPS) is 34.2. The standard InChI is InChI=1S/C16H31NO.C2H6/c1-13-5-7-14(8-6-13)12-17-10-9-15(18-4)11-16(17,2)3;1-2/h13-15H,5-12H2,1-4H3;1-2H3. The Hall–Kier alpha value is -0.0800. The Bertz CT molecular complexity index is 256. The second-order valence-corrected chi connectivity index (χ2v) is 7.23. The van der Waals surface area contributed by atoms with Crippen molar-refractivity contribution in [3.05, 3.63) is 0 Å². The van der Waals surface area contributed by atoms with Crippen LogP contribution in [-0.4, -0.2) is 36.7 Å². The van der Waals surface area contributed by atoms with Gasteiger partial charge in [0, 0.05) is 25.7 Å². The van der Waals surface area contributed by atoms with Gasteiger partial charge in [0.25, 0.3) is 0 Å². The Labute approximate surface area is 127 Å². The number of piperidine rings is 1. The number of ether oxygens (including phenoxy) is 1. The molecule has 2 nitrogen and oxygen atoms in total. The molecule has 0 bridgehead atoms. The molecule has 0 spiro atoms. The zero-order valence-electron chi connectivity index (χ0n) is 14.7. The Morgan fingerprint density at radius 1 is 1.05 bits per heavy atom. The fourth-order valence-electron chi connectivity index (χ4n) is 3.75. The highest BCUT2D eigenvalue weighted by Gasteiger charge is 2.36. The zero-order chi connectivity index (χ0) is 15.2. The molecule has 1 heterocycles. The lowest BCUT2D eigenvalue weighted by molar-refractivity contribution is -0.0329. The number of nitrogens with zero attached hydrogens (tertiary/aromatic N) is 1. The molecule has 0 radical (unpaired) electrons. The van der Waals surface area contributed by atoms with Crippen LogP contribution in [0.3, 0.4) is 0 Å². The average Bonchev–Trinajstić information content (AvgIpc) is 2.45. The van der Waals surface area contributed by atoms with E-state index < -0.39 is 0 Å². The van der Waals surface area contributed by atoms with Crippen LogP contribution in [-0.2, 0) is 4.74 Å². The van der Waals surface area contributed by atoms with Gasteiger partial charge in [0.2, 0.25) is 0 Å². The van der Waals surface area contributed by atoms with E-state index in [2.05, 4.69) is 25.7 Å². The number of hydrogen-bond acceptors (Lipinski definition) is 2. The van der Waals surface area contributed by atoms with Crippen LogP contribution in [0.5, 0.6) is 0 Å². The van der Waals surface area contributed by atoms with E-state index in [1.165, 1.54) is 51.6 Å². The molecule has 1 aliphatic carbocycles. The maximum Gasteiger partial charge on any atom is 0.0601 e.